The number of nitrogens with zero attached hydrogens (tertiary/aromatic N) is 2. The molecule has 1 unspecified atom stereocenters. The highest BCUT2D eigenvalue weighted by molar-refractivity contribution is 6.33. The maximum Gasteiger partial charge on any atom is 0.258 e. The maximum absolute atomic E-state index is 12.9. The first-order chi connectivity index (χ1) is 15.8. The van der Waals surface area contributed by atoms with Crippen LogP contribution in [0.4, 0.5) is 11.4 Å². The zero-order chi connectivity index (χ0) is 24.5. The minimum atomic E-state index is -1.46. The van der Waals surface area contributed by atoms with Gasteiger partial charge in [-0.3, -0.25) is 9.59 Å². The lowest BCUT2D eigenvalue weighted by Crippen LogP contribution is -2.32. The molecule has 0 aromatic heterocycles. The molecule has 2 aromatic carbocycles. The quantitative estimate of drug-likeness (QED) is 0.324. The van der Waals surface area contributed by atoms with E-state index < -0.39 is 17.7 Å². The molecule has 2 aromatic rings. The summed E-state index contributed by atoms with van der Waals surface area (Å²) in [4.78, 5) is 25.1. The Bertz CT molecular complexity index is 1050. The van der Waals surface area contributed by atoms with Gasteiger partial charge in [0.1, 0.15) is 11.5 Å². The van der Waals surface area contributed by atoms with Gasteiger partial charge in [-0.05, 0) is 39.0 Å². The second-order valence-electron chi connectivity index (χ2n) is 6.49. The largest absolute Gasteiger partial charge is 0.495 e. The van der Waals surface area contributed by atoms with Gasteiger partial charge in [-0.25, -0.2) is 0 Å². The molecule has 9 nitrogen and oxygen atoms in total. The molecule has 0 aliphatic carbocycles. The van der Waals surface area contributed by atoms with Crippen molar-refractivity contribution in [3.05, 3.63) is 34.3 Å². The number of nitrogens with one attached hydrogen (secondary N) is 1. The Hall–Kier alpha value is -3.04. The van der Waals surface area contributed by atoms with Crippen molar-refractivity contribution in [2.24, 2.45) is 10.2 Å². The Labute approximate surface area is 202 Å². The number of hydrogen-bond acceptors (Lipinski definition) is 8. The van der Waals surface area contributed by atoms with Crippen LogP contribution in [-0.4, -0.2) is 45.2 Å². The van der Waals surface area contributed by atoms with Crippen molar-refractivity contribution in [2.75, 3.05) is 32.8 Å². The van der Waals surface area contributed by atoms with E-state index in [-0.39, 0.29) is 32.9 Å². The maximum atomic E-state index is 12.9. The first kappa shape index (κ1) is 26.2. The molecule has 1 amide bonds. The number of ether oxygens (including phenoxy) is 4. The van der Waals surface area contributed by atoms with Gasteiger partial charge in [0.25, 0.3) is 5.91 Å². The summed E-state index contributed by atoms with van der Waals surface area (Å²) in [6.45, 7) is 5.47. The summed E-state index contributed by atoms with van der Waals surface area (Å²) in [5, 5.41) is 11.2. The van der Waals surface area contributed by atoms with Crippen LogP contribution in [0.2, 0.25) is 10.0 Å². The molecule has 2 rings (SSSR count). The molecule has 0 fully saturated rings. The van der Waals surface area contributed by atoms with Gasteiger partial charge in [0, 0.05) is 6.07 Å². The van der Waals surface area contributed by atoms with Gasteiger partial charge in [0.2, 0.25) is 6.04 Å². The van der Waals surface area contributed by atoms with Crippen LogP contribution in [0.1, 0.15) is 20.8 Å². The number of hydrogen-bond donors (Lipinski definition) is 1. The predicted octanol–water partition coefficient (Wildman–Crippen LogP) is 5.49. The van der Waals surface area contributed by atoms with Crippen LogP contribution in [0.15, 0.2) is 34.5 Å². The fraction of sp³-hybridized carbons (Fsp3) is 0.364. The van der Waals surface area contributed by atoms with Gasteiger partial charge in [-0.15, -0.1) is 5.11 Å². The molecule has 0 saturated heterocycles. The van der Waals surface area contributed by atoms with Gasteiger partial charge in [0.05, 0.1) is 43.2 Å². The predicted molar refractivity (Wildman–Crippen MR) is 126 cm³/mol. The topological polar surface area (TPSA) is 108 Å². The lowest BCUT2D eigenvalue weighted by Gasteiger charge is -2.15. The zero-order valence-corrected chi connectivity index (χ0v) is 20.4. The second kappa shape index (κ2) is 12.3. The number of azo groups is 1. The molecule has 1 atom stereocenters. The van der Waals surface area contributed by atoms with Crippen LogP contribution in [0.5, 0.6) is 23.0 Å². The third-order valence-electron chi connectivity index (χ3n) is 4.27. The highest BCUT2D eigenvalue weighted by Gasteiger charge is 2.26. The Morgan fingerprint density at radius 2 is 1.64 bits per heavy atom. The summed E-state index contributed by atoms with van der Waals surface area (Å²) < 4.78 is 21.6. The molecule has 178 valence electrons. The number of methoxy groups -OCH3 is 2. The number of amides is 1. The Kier molecular flexibility index (Phi) is 9.74. The van der Waals surface area contributed by atoms with E-state index in [9.17, 15) is 9.59 Å². The van der Waals surface area contributed by atoms with Crippen molar-refractivity contribution in [3.8, 4) is 23.0 Å². The fourth-order valence-corrected chi connectivity index (χ4v) is 3.22. The molecule has 0 bridgehead atoms. The fourth-order valence-electron chi connectivity index (χ4n) is 2.77. The molecule has 0 aliphatic heterocycles. The highest BCUT2D eigenvalue weighted by Crippen LogP contribution is 2.43. The number of benzene rings is 2. The average Bonchev–Trinajstić information content (AvgIpc) is 2.77. The Morgan fingerprint density at radius 1 is 0.970 bits per heavy atom. The van der Waals surface area contributed by atoms with E-state index >= 15 is 0 Å². The van der Waals surface area contributed by atoms with E-state index in [1.165, 1.54) is 33.3 Å². The summed E-state index contributed by atoms with van der Waals surface area (Å²) in [6.07, 6.45) is 0. The number of carbonyl (C=O) groups is 2. The zero-order valence-electron chi connectivity index (χ0n) is 18.9. The molecule has 0 heterocycles. The van der Waals surface area contributed by atoms with Crippen LogP contribution < -0.4 is 24.3 Å². The molecule has 0 saturated carbocycles. The Morgan fingerprint density at radius 3 is 2.21 bits per heavy atom. The highest BCUT2D eigenvalue weighted by atomic mass is 35.5. The molecule has 33 heavy (non-hydrogen) atoms. The number of ketones is 1. The van der Waals surface area contributed by atoms with Crippen molar-refractivity contribution in [3.63, 3.8) is 0 Å². The van der Waals surface area contributed by atoms with Crippen LogP contribution in [-0.2, 0) is 9.59 Å². The molecule has 0 aliphatic rings. The smallest absolute Gasteiger partial charge is 0.258 e. The monoisotopic (exact) mass is 497 g/mol. The van der Waals surface area contributed by atoms with Gasteiger partial charge < -0.3 is 24.3 Å². The van der Waals surface area contributed by atoms with Crippen LogP contribution >= 0.6 is 23.2 Å². The van der Waals surface area contributed by atoms with Crippen LogP contribution in [0.25, 0.3) is 0 Å². The van der Waals surface area contributed by atoms with E-state index in [0.717, 1.165) is 0 Å². The molecule has 11 heteroatoms. The summed E-state index contributed by atoms with van der Waals surface area (Å²) in [5.74, 6) is -0.0322. The van der Waals surface area contributed by atoms with Gasteiger partial charge >= 0.3 is 0 Å². The van der Waals surface area contributed by atoms with E-state index in [2.05, 4.69) is 15.5 Å². The lowest BCUT2D eigenvalue weighted by atomic mass is 10.2. The second-order valence-corrected chi connectivity index (χ2v) is 7.31. The van der Waals surface area contributed by atoms with Crippen LogP contribution in [0, 0.1) is 0 Å². The third kappa shape index (κ3) is 6.49. The van der Waals surface area contributed by atoms with Crippen molar-refractivity contribution in [1.29, 1.82) is 0 Å². The minimum absolute atomic E-state index is 0.176. The first-order valence-corrected chi connectivity index (χ1v) is 10.7. The van der Waals surface area contributed by atoms with Gasteiger partial charge in [-0.1, -0.05) is 23.2 Å². The number of halogens is 2. The van der Waals surface area contributed by atoms with Crippen molar-refractivity contribution < 1.29 is 28.5 Å². The number of anilines is 1. The van der Waals surface area contributed by atoms with Gasteiger partial charge in [0.15, 0.2) is 23.0 Å². The molecular weight excluding hydrogens is 473 g/mol. The van der Waals surface area contributed by atoms with Crippen molar-refractivity contribution >= 4 is 46.3 Å². The summed E-state index contributed by atoms with van der Waals surface area (Å²) >= 11 is 12.4. The van der Waals surface area contributed by atoms with Crippen molar-refractivity contribution in [1.82, 2.24) is 0 Å². The molecule has 0 radical (unpaired) electrons. The summed E-state index contributed by atoms with van der Waals surface area (Å²) in [6, 6.07) is 4.71. The van der Waals surface area contributed by atoms with E-state index in [1.54, 1.807) is 26.0 Å². The van der Waals surface area contributed by atoms with E-state index in [0.29, 0.717) is 24.7 Å². The Balaban J connectivity index is 2.41. The number of carbonyl (C=O) groups excluding carboxylic acids is 2. The van der Waals surface area contributed by atoms with Gasteiger partial charge in [-0.2, -0.15) is 5.11 Å². The SMILES string of the molecule is CCOc1ccc(Cl)c(OCC)c1N=NC(C(C)=O)C(=O)Nc1cc(Cl)c(OC)cc1OC. The van der Waals surface area contributed by atoms with E-state index in [4.69, 9.17) is 42.1 Å². The minimum Gasteiger partial charge on any atom is -0.495 e. The summed E-state index contributed by atoms with van der Waals surface area (Å²) in [7, 11) is 2.87. The van der Waals surface area contributed by atoms with E-state index in [1.807, 2.05) is 0 Å². The molecule has 0 spiro atoms. The lowest BCUT2D eigenvalue weighted by molar-refractivity contribution is -0.126. The molecule has 1 N–H and O–H groups in total. The van der Waals surface area contributed by atoms with Crippen molar-refractivity contribution in [2.45, 2.75) is 26.8 Å². The normalized spacial score (nSPS) is 11.7. The molecular formula is C22H25Cl2N3O6. The average molecular weight is 498 g/mol. The first-order valence-electron chi connectivity index (χ1n) is 9.99. The summed E-state index contributed by atoms with van der Waals surface area (Å²) in [5.41, 5.74) is 0.415. The third-order valence-corrected chi connectivity index (χ3v) is 4.87. The van der Waals surface area contributed by atoms with Crippen LogP contribution in [0.3, 0.4) is 0 Å². The number of rotatable bonds is 11. The number of Topliss-reactive ketones (excluding diaryl/α,β-unsaturated/α-hetero) is 1. The standard InChI is InChI=1S/C22H25Cl2N3O6/c1-6-32-16-9-8-13(23)21(33-7-2)20(16)27-26-19(12(3)28)22(29)25-15-10-14(24)17(30-4)11-18(15)31-5/h8-11,19H,6-7H2,1-5H3,(H,25,29).